The van der Waals surface area contributed by atoms with Crippen molar-refractivity contribution in [1.29, 1.82) is 0 Å². The summed E-state index contributed by atoms with van der Waals surface area (Å²) in [5.41, 5.74) is 3.44. The van der Waals surface area contributed by atoms with Gasteiger partial charge in [-0.25, -0.2) is 4.39 Å². The Balaban J connectivity index is 1.31. The Morgan fingerprint density at radius 1 is 0.968 bits per heavy atom. The lowest BCUT2D eigenvalue weighted by Gasteiger charge is -2.28. The number of hydrogen-bond acceptors (Lipinski definition) is 6. The largest absolute Gasteiger partial charge is 0.460 e. The fourth-order valence-electron chi connectivity index (χ4n) is 3.44. The van der Waals surface area contributed by atoms with Crippen molar-refractivity contribution < 1.29 is 18.3 Å². The third-order valence-electron chi connectivity index (χ3n) is 4.89. The van der Waals surface area contributed by atoms with Gasteiger partial charge in [0.25, 0.3) is 5.22 Å². The summed E-state index contributed by atoms with van der Waals surface area (Å²) in [4.78, 5) is 0. The molecular formula is C24H19FN2O3S. The van der Waals surface area contributed by atoms with Crippen molar-refractivity contribution in [2.75, 3.05) is 0 Å². The van der Waals surface area contributed by atoms with E-state index < -0.39 is 6.29 Å². The topological polar surface area (TPSA) is 57.4 Å². The zero-order valence-electron chi connectivity index (χ0n) is 16.5. The molecule has 0 spiro atoms. The molecule has 2 heterocycles. The molecule has 0 bridgehead atoms. The molecule has 0 saturated carbocycles. The van der Waals surface area contributed by atoms with E-state index in [1.165, 1.54) is 23.9 Å². The molecule has 1 aromatic heterocycles. The molecule has 0 aliphatic carbocycles. The number of benzene rings is 3. The summed E-state index contributed by atoms with van der Waals surface area (Å²) < 4.78 is 31.8. The summed E-state index contributed by atoms with van der Waals surface area (Å²) in [6, 6.07) is 22.6. The Bertz CT molecular complexity index is 1170. The minimum absolute atomic E-state index is 0.284. The normalized spacial score (nSPS) is 15.3. The van der Waals surface area contributed by atoms with Crippen LogP contribution < -0.4 is 4.74 Å². The summed E-state index contributed by atoms with van der Waals surface area (Å²) >= 11 is 1.36. The van der Waals surface area contributed by atoms with Gasteiger partial charge in [0.05, 0.1) is 13.0 Å². The third-order valence-corrected chi connectivity index (χ3v) is 5.76. The maximum absolute atomic E-state index is 14.2. The Morgan fingerprint density at radius 2 is 1.74 bits per heavy atom. The highest BCUT2D eigenvalue weighted by Gasteiger charge is 2.25. The molecule has 0 amide bonds. The minimum Gasteiger partial charge on any atom is -0.460 e. The fourth-order valence-corrected chi connectivity index (χ4v) is 4.18. The van der Waals surface area contributed by atoms with Crippen LogP contribution in [0.25, 0.3) is 0 Å². The fraction of sp³-hybridized carbons (Fsp3) is 0.167. The van der Waals surface area contributed by atoms with Crippen LogP contribution in [0.4, 0.5) is 4.39 Å². The third kappa shape index (κ3) is 4.62. The molecule has 4 aromatic rings. The average molecular weight is 434 g/mol. The molecule has 3 aromatic carbocycles. The van der Waals surface area contributed by atoms with Crippen molar-refractivity contribution in [1.82, 2.24) is 10.2 Å². The molecule has 1 aliphatic heterocycles. The van der Waals surface area contributed by atoms with Crippen LogP contribution in [0.5, 0.6) is 5.75 Å². The molecule has 1 atom stereocenters. The molecule has 0 fully saturated rings. The van der Waals surface area contributed by atoms with E-state index >= 15 is 0 Å². The van der Waals surface area contributed by atoms with Crippen molar-refractivity contribution in [3.05, 3.63) is 107 Å². The molecule has 0 radical (unpaired) electrons. The second-order valence-electron chi connectivity index (χ2n) is 7.14. The number of rotatable bonds is 6. The Morgan fingerprint density at radius 3 is 2.55 bits per heavy atom. The van der Waals surface area contributed by atoms with Gasteiger partial charge in [0.2, 0.25) is 12.2 Å². The van der Waals surface area contributed by atoms with E-state index in [0.29, 0.717) is 34.6 Å². The molecular weight excluding hydrogens is 415 g/mol. The van der Waals surface area contributed by atoms with E-state index in [1.807, 2.05) is 60.7 Å². The van der Waals surface area contributed by atoms with Crippen LogP contribution >= 0.6 is 11.8 Å². The van der Waals surface area contributed by atoms with Gasteiger partial charge in [-0.15, -0.1) is 10.2 Å². The highest BCUT2D eigenvalue weighted by atomic mass is 32.2. The predicted octanol–water partition coefficient (Wildman–Crippen LogP) is 5.70. The number of thioether (sulfide) groups is 1. The predicted molar refractivity (Wildman–Crippen MR) is 114 cm³/mol. The Hall–Kier alpha value is -3.16. The molecule has 0 saturated heterocycles. The van der Waals surface area contributed by atoms with Crippen molar-refractivity contribution in [3.63, 3.8) is 0 Å². The van der Waals surface area contributed by atoms with Gasteiger partial charge in [-0.3, -0.25) is 0 Å². The summed E-state index contributed by atoms with van der Waals surface area (Å²) in [5, 5.41) is 8.67. The average Bonchev–Trinajstić information content (AvgIpc) is 3.25. The van der Waals surface area contributed by atoms with E-state index in [-0.39, 0.29) is 12.4 Å². The summed E-state index contributed by atoms with van der Waals surface area (Å²) in [7, 11) is 0. The van der Waals surface area contributed by atoms with Crippen molar-refractivity contribution in [2.24, 2.45) is 0 Å². The second kappa shape index (κ2) is 8.91. The molecule has 5 rings (SSSR count). The Kier molecular flexibility index (Phi) is 5.69. The first kappa shape index (κ1) is 19.8. The van der Waals surface area contributed by atoms with Crippen molar-refractivity contribution in [2.45, 2.75) is 30.3 Å². The van der Waals surface area contributed by atoms with Crippen LogP contribution in [0, 0.1) is 5.82 Å². The van der Waals surface area contributed by atoms with Gasteiger partial charge in [0, 0.05) is 22.4 Å². The number of aromatic nitrogens is 2. The quantitative estimate of drug-likeness (QED) is 0.363. The molecule has 31 heavy (non-hydrogen) atoms. The van der Waals surface area contributed by atoms with Crippen LogP contribution in [0.3, 0.4) is 0 Å². The molecule has 0 N–H and O–H groups in total. The molecule has 7 heteroatoms. The van der Waals surface area contributed by atoms with Crippen LogP contribution in [0.2, 0.25) is 0 Å². The lowest BCUT2D eigenvalue weighted by Crippen LogP contribution is -2.19. The SMILES string of the molecule is Fc1cc2c(c(CSc3nnc(Cc4ccccc4)o3)c1)OC(c1ccccc1)OC2. The summed E-state index contributed by atoms with van der Waals surface area (Å²) in [5.74, 6) is 1.31. The molecule has 156 valence electrons. The number of ether oxygens (including phenoxy) is 2. The van der Waals surface area contributed by atoms with Gasteiger partial charge < -0.3 is 13.9 Å². The lowest BCUT2D eigenvalue weighted by molar-refractivity contribution is -0.112. The minimum atomic E-state index is -0.524. The van der Waals surface area contributed by atoms with E-state index in [0.717, 1.165) is 16.7 Å². The first-order chi connectivity index (χ1) is 15.2. The van der Waals surface area contributed by atoms with Gasteiger partial charge in [0.1, 0.15) is 11.6 Å². The van der Waals surface area contributed by atoms with Gasteiger partial charge in [-0.05, 0) is 17.7 Å². The number of hydrogen-bond donors (Lipinski definition) is 0. The maximum atomic E-state index is 14.2. The highest BCUT2D eigenvalue weighted by Crippen LogP contribution is 2.38. The molecule has 1 unspecified atom stereocenters. The standard InChI is InChI=1S/C24H19FN2O3S/c25-20-12-18-14-28-23(17-9-5-2-6-10-17)30-22(18)19(13-20)15-31-24-27-26-21(29-24)11-16-7-3-1-4-8-16/h1-10,12-13,23H,11,14-15H2. The van der Waals surface area contributed by atoms with Crippen molar-refractivity contribution in [3.8, 4) is 5.75 Å². The zero-order chi connectivity index (χ0) is 21.0. The smallest absolute Gasteiger partial charge is 0.276 e. The summed E-state index contributed by atoms with van der Waals surface area (Å²) in [6.07, 6.45) is 0.0481. The van der Waals surface area contributed by atoms with Crippen LogP contribution in [0.15, 0.2) is 82.4 Å². The van der Waals surface area contributed by atoms with Gasteiger partial charge >= 0.3 is 0 Å². The molecule has 1 aliphatic rings. The number of fused-ring (bicyclic) bond motifs is 1. The van der Waals surface area contributed by atoms with E-state index in [4.69, 9.17) is 13.9 Å². The van der Waals surface area contributed by atoms with Crippen LogP contribution in [-0.2, 0) is 23.5 Å². The van der Waals surface area contributed by atoms with E-state index in [1.54, 1.807) is 0 Å². The van der Waals surface area contributed by atoms with Crippen LogP contribution in [-0.4, -0.2) is 10.2 Å². The van der Waals surface area contributed by atoms with E-state index in [2.05, 4.69) is 10.2 Å². The van der Waals surface area contributed by atoms with E-state index in [9.17, 15) is 4.39 Å². The van der Waals surface area contributed by atoms with Gasteiger partial charge in [0.15, 0.2) is 0 Å². The van der Waals surface area contributed by atoms with Gasteiger partial charge in [-0.1, -0.05) is 72.4 Å². The number of nitrogens with zero attached hydrogens (tertiary/aromatic N) is 2. The zero-order valence-corrected chi connectivity index (χ0v) is 17.3. The first-order valence-corrected chi connectivity index (χ1v) is 10.9. The second-order valence-corrected chi connectivity index (χ2v) is 8.06. The number of halogens is 1. The van der Waals surface area contributed by atoms with Crippen molar-refractivity contribution >= 4 is 11.8 Å². The first-order valence-electron chi connectivity index (χ1n) is 9.88. The maximum Gasteiger partial charge on any atom is 0.276 e. The van der Waals surface area contributed by atoms with Gasteiger partial charge in [-0.2, -0.15) is 0 Å². The lowest BCUT2D eigenvalue weighted by atomic mass is 10.1. The Labute approximate surface area is 183 Å². The monoisotopic (exact) mass is 434 g/mol. The summed E-state index contributed by atoms with van der Waals surface area (Å²) in [6.45, 7) is 0.284. The van der Waals surface area contributed by atoms with Crippen LogP contribution in [0.1, 0.15) is 34.4 Å². The molecule has 5 nitrogen and oxygen atoms in total. The highest BCUT2D eigenvalue weighted by molar-refractivity contribution is 7.98.